The van der Waals surface area contributed by atoms with Crippen LogP contribution in [0.4, 0.5) is 5.69 Å². The van der Waals surface area contributed by atoms with Crippen molar-refractivity contribution in [1.29, 1.82) is 0 Å². The maximum absolute atomic E-state index is 12.2. The number of hydrogen-bond acceptors (Lipinski definition) is 6. The third-order valence-corrected chi connectivity index (χ3v) is 4.40. The topological polar surface area (TPSA) is 81.9 Å². The molecule has 0 aliphatic heterocycles. The number of thioether (sulfide) groups is 1. The second-order valence-corrected chi connectivity index (χ2v) is 6.27. The van der Waals surface area contributed by atoms with Crippen molar-refractivity contribution in [3.05, 3.63) is 53.6 Å². The predicted octanol–water partition coefficient (Wildman–Crippen LogP) is 3.06. The van der Waals surface area contributed by atoms with E-state index in [1.54, 1.807) is 48.2 Å². The number of aromatic nitrogens is 4. The minimum absolute atomic E-state index is 0.159. The third-order valence-electron chi connectivity index (χ3n) is 3.23. The van der Waals surface area contributed by atoms with Gasteiger partial charge in [0.1, 0.15) is 5.75 Å². The van der Waals surface area contributed by atoms with Gasteiger partial charge in [-0.1, -0.05) is 35.5 Å². The lowest BCUT2D eigenvalue weighted by atomic mass is 10.3. The molecule has 0 saturated carbocycles. The molecule has 1 heterocycles. The van der Waals surface area contributed by atoms with E-state index in [2.05, 4.69) is 20.8 Å². The summed E-state index contributed by atoms with van der Waals surface area (Å²) in [7, 11) is 1.56. The molecular formula is C16H14ClN5O2S. The van der Waals surface area contributed by atoms with Gasteiger partial charge in [-0.25, -0.2) is 0 Å². The van der Waals surface area contributed by atoms with Crippen LogP contribution in [0, 0.1) is 0 Å². The summed E-state index contributed by atoms with van der Waals surface area (Å²) in [4.78, 5) is 12.2. The number of carbonyl (C=O) groups is 1. The summed E-state index contributed by atoms with van der Waals surface area (Å²) < 4.78 is 6.77. The fourth-order valence-corrected chi connectivity index (χ4v) is 2.89. The maximum Gasteiger partial charge on any atom is 0.234 e. The van der Waals surface area contributed by atoms with Gasteiger partial charge in [-0.05, 0) is 46.8 Å². The van der Waals surface area contributed by atoms with Crippen molar-refractivity contribution in [3.8, 4) is 11.4 Å². The summed E-state index contributed by atoms with van der Waals surface area (Å²) in [5, 5.41) is 15.5. The Morgan fingerprint density at radius 1 is 1.24 bits per heavy atom. The first-order valence-corrected chi connectivity index (χ1v) is 8.63. The molecule has 0 fully saturated rings. The Morgan fingerprint density at radius 3 is 2.76 bits per heavy atom. The molecule has 0 radical (unpaired) electrons. The molecule has 1 aromatic heterocycles. The van der Waals surface area contributed by atoms with Crippen LogP contribution in [0.3, 0.4) is 0 Å². The fourth-order valence-electron chi connectivity index (χ4n) is 2.08. The number of benzene rings is 2. The first-order chi connectivity index (χ1) is 12.2. The zero-order valence-corrected chi connectivity index (χ0v) is 14.8. The van der Waals surface area contributed by atoms with Gasteiger partial charge in [0.2, 0.25) is 11.1 Å². The highest BCUT2D eigenvalue weighted by atomic mass is 35.5. The molecule has 0 aliphatic carbocycles. The van der Waals surface area contributed by atoms with E-state index in [-0.39, 0.29) is 11.7 Å². The SMILES string of the molecule is COc1ccccc1NC(=O)CSc1nnnn1-c1ccc(Cl)cc1. The molecule has 9 heteroatoms. The number of rotatable bonds is 6. The molecule has 25 heavy (non-hydrogen) atoms. The quantitative estimate of drug-likeness (QED) is 0.667. The van der Waals surface area contributed by atoms with Crippen molar-refractivity contribution < 1.29 is 9.53 Å². The standard InChI is InChI=1S/C16H14ClN5O2S/c1-24-14-5-3-2-4-13(14)18-15(23)10-25-16-19-20-21-22(16)12-8-6-11(17)7-9-12/h2-9H,10H2,1H3,(H,18,23). The number of amides is 1. The molecule has 1 amide bonds. The van der Waals surface area contributed by atoms with Crippen LogP contribution in [0.25, 0.3) is 5.69 Å². The number of nitrogens with zero attached hydrogens (tertiary/aromatic N) is 4. The molecular weight excluding hydrogens is 362 g/mol. The van der Waals surface area contributed by atoms with Gasteiger partial charge in [-0.2, -0.15) is 4.68 Å². The summed E-state index contributed by atoms with van der Waals surface area (Å²) in [5.74, 6) is 0.582. The number of hydrogen-bond donors (Lipinski definition) is 1. The van der Waals surface area contributed by atoms with E-state index in [0.717, 1.165) is 5.69 Å². The number of nitrogens with one attached hydrogen (secondary N) is 1. The molecule has 0 saturated heterocycles. The molecule has 0 unspecified atom stereocenters. The first-order valence-electron chi connectivity index (χ1n) is 7.27. The van der Waals surface area contributed by atoms with E-state index in [4.69, 9.17) is 16.3 Å². The number of para-hydroxylation sites is 2. The molecule has 7 nitrogen and oxygen atoms in total. The van der Waals surface area contributed by atoms with Gasteiger partial charge in [0, 0.05) is 5.02 Å². The zero-order valence-electron chi connectivity index (χ0n) is 13.2. The van der Waals surface area contributed by atoms with Crippen molar-refractivity contribution in [3.63, 3.8) is 0 Å². The van der Waals surface area contributed by atoms with Crippen LogP contribution in [0.1, 0.15) is 0 Å². The van der Waals surface area contributed by atoms with Gasteiger partial charge in [-0.15, -0.1) is 5.10 Å². The van der Waals surface area contributed by atoms with E-state index in [0.29, 0.717) is 21.6 Å². The molecule has 0 bridgehead atoms. The summed E-state index contributed by atoms with van der Waals surface area (Å²) in [6.07, 6.45) is 0. The summed E-state index contributed by atoms with van der Waals surface area (Å²) in [6.45, 7) is 0. The van der Waals surface area contributed by atoms with Crippen molar-refractivity contribution in [2.24, 2.45) is 0 Å². The van der Waals surface area contributed by atoms with Gasteiger partial charge >= 0.3 is 0 Å². The molecule has 1 N–H and O–H groups in total. The van der Waals surface area contributed by atoms with Crippen molar-refractivity contribution in [2.75, 3.05) is 18.2 Å². The number of carbonyl (C=O) groups excluding carboxylic acids is 1. The van der Waals surface area contributed by atoms with Gasteiger partial charge in [0.15, 0.2) is 0 Å². The molecule has 0 aliphatic rings. The second kappa shape index (κ2) is 8.00. The fraction of sp³-hybridized carbons (Fsp3) is 0.125. The van der Waals surface area contributed by atoms with Crippen LogP contribution in [0.2, 0.25) is 5.02 Å². The van der Waals surface area contributed by atoms with Gasteiger partial charge < -0.3 is 10.1 Å². The zero-order chi connectivity index (χ0) is 17.6. The summed E-state index contributed by atoms with van der Waals surface area (Å²) in [6, 6.07) is 14.3. The number of ether oxygens (including phenoxy) is 1. The Balaban J connectivity index is 1.65. The molecule has 0 spiro atoms. The lowest BCUT2D eigenvalue weighted by Crippen LogP contribution is -2.15. The van der Waals surface area contributed by atoms with Crippen LogP contribution in [0.5, 0.6) is 5.75 Å². The molecule has 2 aromatic carbocycles. The highest BCUT2D eigenvalue weighted by molar-refractivity contribution is 7.99. The average Bonchev–Trinajstić information content (AvgIpc) is 3.09. The van der Waals surface area contributed by atoms with Crippen molar-refractivity contribution in [1.82, 2.24) is 20.2 Å². The monoisotopic (exact) mass is 375 g/mol. The largest absolute Gasteiger partial charge is 0.495 e. The molecule has 3 rings (SSSR count). The highest BCUT2D eigenvalue weighted by Crippen LogP contribution is 2.24. The van der Waals surface area contributed by atoms with Crippen LogP contribution in [0.15, 0.2) is 53.7 Å². The Labute approximate surface area is 153 Å². The Kier molecular flexibility index (Phi) is 5.52. The Morgan fingerprint density at radius 2 is 2.00 bits per heavy atom. The third kappa shape index (κ3) is 4.28. The van der Waals surface area contributed by atoms with E-state index in [9.17, 15) is 4.79 Å². The minimum Gasteiger partial charge on any atom is -0.495 e. The van der Waals surface area contributed by atoms with Gasteiger partial charge in [0.05, 0.1) is 24.2 Å². The molecule has 3 aromatic rings. The Hall–Kier alpha value is -2.58. The smallest absolute Gasteiger partial charge is 0.234 e. The number of methoxy groups -OCH3 is 1. The van der Waals surface area contributed by atoms with Crippen LogP contribution < -0.4 is 10.1 Å². The molecule has 128 valence electrons. The van der Waals surface area contributed by atoms with Gasteiger partial charge in [-0.3, -0.25) is 4.79 Å². The number of tetrazole rings is 1. The predicted molar refractivity (Wildman–Crippen MR) is 96.5 cm³/mol. The van der Waals surface area contributed by atoms with E-state index in [1.165, 1.54) is 11.8 Å². The average molecular weight is 376 g/mol. The van der Waals surface area contributed by atoms with E-state index < -0.39 is 0 Å². The van der Waals surface area contributed by atoms with Crippen LogP contribution in [-0.4, -0.2) is 39.0 Å². The second-order valence-electron chi connectivity index (χ2n) is 4.89. The highest BCUT2D eigenvalue weighted by Gasteiger charge is 2.13. The van der Waals surface area contributed by atoms with Crippen LogP contribution in [-0.2, 0) is 4.79 Å². The molecule has 0 atom stereocenters. The lowest BCUT2D eigenvalue weighted by Gasteiger charge is -2.09. The maximum atomic E-state index is 12.2. The first kappa shape index (κ1) is 17.2. The van der Waals surface area contributed by atoms with Crippen molar-refractivity contribution >= 4 is 35.0 Å². The summed E-state index contributed by atoms with van der Waals surface area (Å²) in [5.41, 5.74) is 1.38. The minimum atomic E-state index is -0.180. The number of anilines is 1. The Bertz CT molecular complexity index is 869. The lowest BCUT2D eigenvalue weighted by molar-refractivity contribution is -0.113. The van der Waals surface area contributed by atoms with E-state index >= 15 is 0 Å². The van der Waals surface area contributed by atoms with Gasteiger partial charge in [0.25, 0.3) is 0 Å². The van der Waals surface area contributed by atoms with Crippen molar-refractivity contribution in [2.45, 2.75) is 5.16 Å². The van der Waals surface area contributed by atoms with E-state index in [1.807, 2.05) is 12.1 Å². The summed E-state index contributed by atoms with van der Waals surface area (Å²) >= 11 is 7.12. The number of halogens is 1. The van der Waals surface area contributed by atoms with Crippen LogP contribution >= 0.6 is 23.4 Å². The normalized spacial score (nSPS) is 10.5.